The van der Waals surface area contributed by atoms with Crippen LogP contribution in [0.25, 0.3) is 0 Å². The lowest BCUT2D eigenvalue weighted by Crippen LogP contribution is -2.13. The van der Waals surface area contributed by atoms with Crippen molar-refractivity contribution in [2.24, 2.45) is 0 Å². The van der Waals surface area contributed by atoms with Gasteiger partial charge in [-0.05, 0) is 0 Å². The Labute approximate surface area is 102 Å². The number of carbonyl (C=O) groups is 1. The van der Waals surface area contributed by atoms with Crippen LogP contribution in [0.1, 0.15) is 15.2 Å². The molecule has 1 aromatic carbocycles. The Hall–Kier alpha value is -1.72. The van der Waals surface area contributed by atoms with Crippen molar-refractivity contribution < 1.29 is 9.90 Å². The second kappa shape index (κ2) is 5.07. The lowest BCUT2D eigenvalue weighted by Gasteiger charge is -1.97. The summed E-state index contributed by atoms with van der Waals surface area (Å²) in [6, 6.07) is 10.1. The molecule has 2 rings (SSSR count). The van der Waals surface area contributed by atoms with Gasteiger partial charge in [-0.1, -0.05) is 41.9 Å². The van der Waals surface area contributed by atoms with Crippen molar-refractivity contribution in [2.75, 3.05) is 6.61 Å². The van der Waals surface area contributed by atoms with Gasteiger partial charge in [-0.15, -0.1) is 0 Å². The first kappa shape index (κ1) is 11.8. The van der Waals surface area contributed by atoms with Crippen LogP contribution in [0.5, 0.6) is 0 Å². The van der Waals surface area contributed by atoms with E-state index in [2.05, 4.69) is 0 Å². The van der Waals surface area contributed by atoms with E-state index in [0.717, 1.165) is 11.5 Å². The largest absolute Gasteiger partial charge is 0.394 e. The van der Waals surface area contributed by atoms with Crippen LogP contribution < -0.4 is 5.56 Å². The molecule has 0 aliphatic carbocycles. The van der Waals surface area contributed by atoms with Crippen LogP contribution in [0.2, 0.25) is 0 Å². The van der Waals surface area contributed by atoms with Gasteiger partial charge in [-0.25, -0.2) is 0 Å². The molecule has 0 saturated carbocycles. The minimum absolute atomic E-state index is 0.112. The molecule has 0 unspecified atom stereocenters. The van der Waals surface area contributed by atoms with Crippen LogP contribution in [-0.2, 0) is 6.54 Å². The number of aliphatic hydroxyl groups excluding tert-OH is 1. The highest BCUT2D eigenvalue weighted by atomic mass is 32.1. The van der Waals surface area contributed by atoms with Crippen LogP contribution in [0.4, 0.5) is 0 Å². The number of benzene rings is 1. The minimum Gasteiger partial charge on any atom is -0.394 e. The molecule has 88 valence electrons. The van der Waals surface area contributed by atoms with Crippen molar-refractivity contribution in [3.8, 4) is 0 Å². The number of carbonyl (C=O) groups excluding carboxylic acids is 1. The second-order valence-electron chi connectivity index (χ2n) is 3.46. The molecule has 0 radical (unpaired) electrons. The van der Waals surface area contributed by atoms with E-state index in [-0.39, 0.29) is 24.5 Å². The zero-order valence-corrected chi connectivity index (χ0v) is 9.81. The summed E-state index contributed by atoms with van der Waals surface area (Å²) in [7, 11) is 0. The quantitative estimate of drug-likeness (QED) is 0.826. The summed E-state index contributed by atoms with van der Waals surface area (Å²) in [4.78, 5) is 23.9. The predicted octanol–water partition coefficient (Wildman–Crippen LogP) is 1.13. The SMILES string of the molecule is O=C(c1ccccc1)c1cc(=O)n(CCO)s1. The number of hydrogen-bond donors (Lipinski definition) is 1. The molecule has 0 spiro atoms. The highest BCUT2D eigenvalue weighted by molar-refractivity contribution is 7.08. The van der Waals surface area contributed by atoms with E-state index in [1.165, 1.54) is 10.0 Å². The maximum Gasteiger partial charge on any atom is 0.261 e. The molecule has 0 fully saturated rings. The zero-order chi connectivity index (χ0) is 12.3. The van der Waals surface area contributed by atoms with Gasteiger partial charge in [0, 0.05) is 11.6 Å². The fourth-order valence-corrected chi connectivity index (χ4v) is 2.37. The van der Waals surface area contributed by atoms with E-state index in [4.69, 9.17) is 5.11 Å². The third-order valence-corrected chi connectivity index (χ3v) is 3.35. The number of aromatic nitrogens is 1. The molecule has 2 aromatic rings. The van der Waals surface area contributed by atoms with Crippen molar-refractivity contribution in [3.05, 3.63) is 57.2 Å². The summed E-state index contributed by atoms with van der Waals surface area (Å²) < 4.78 is 1.37. The van der Waals surface area contributed by atoms with Crippen molar-refractivity contribution in [1.29, 1.82) is 0 Å². The Morgan fingerprint density at radius 3 is 2.65 bits per heavy atom. The zero-order valence-electron chi connectivity index (χ0n) is 9.00. The van der Waals surface area contributed by atoms with E-state index < -0.39 is 0 Å². The predicted molar refractivity (Wildman–Crippen MR) is 65.5 cm³/mol. The number of hydrogen-bond acceptors (Lipinski definition) is 4. The Kier molecular flexibility index (Phi) is 3.51. The fraction of sp³-hybridized carbons (Fsp3) is 0.167. The Morgan fingerprint density at radius 1 is 1.29 bits per heavy atom. The Morgan fingerprint density at radius 2 is 2.00 bits per heavy atom. The van der Waals surface area contributed by atoms with Gasteiger partial charge in [0.25, 0.3) is 5.56 Å². The molecular formula is C12H11NO3S. The minimum atomic E-state index is -0.247. The maximum atomic E-state index is 12.0. The molecular weight excluding hydrogens is 238 g/mol. The molecule has 1 heterocycles. The number of ketones is 1. The van der Waals surface area contributed by atoms with Crippen molar-refractivity contribution >= 4 is 17.3 Å². The molecule has 1 N–H and O–H groups in total. The normalized spacial score (nSPS) is 10.4. The van der Waals surface area contributed by atoms with Crippen LogP contribution in [0, 0.1) is 0 Å². The van der Waals surface area contributed by atoms with Crippen molar-refractivity contribution in [1.82, 2.24) is 3.96 Å². The van der Waals surface area contributed by atoms with Crippen LogP contribution in [0.3, 0.4) is 0 Å². The van der Waals surface area contributed by atoms with E-state index in [9.17, 15) is 9.59 Å². The molecule has 4 nitrogen and oxygen atoms in total. The molecule has 0 aliphatic heterocycles. The molecule has 1 aromatic heterocycles. The van der Waals surface area contributed by atoms with Gasteiger partial charge in [0.2, 0.25) is 5.78 Å². The summed E-state index contributed by atoms with van der Waals surface area (Å²) in [6.07, 6.45) is 0. The van der Waals surface area contributed by atoms with Gasteiger partial charge in [0.05, 0.1) is 18.0 Å². The topological polar surface area (TPSA) is 59.3 Å². The monoisotopic (exact) mass is 249 g/mol. The summed E-state index contributed by atoms with van der Waals surface area (Å²) in [5.74, 6) is -0.163. The van der Waals surface area contributed by atoms with Crippen molar-refractivity contribution in [3.63, 3.8) is 0 Å². The van der Waals surface area contributed by atoms with Crippen molar-refractivity contribution in [2.45, 2.75) is 6.54 Å². The third-order valence-electron chi connectivity index (χ3n) is 2.27. The van der Waals surface area contributed by atoms with Gasteiger partial charge >= 0.3 is 0 Å². The molecule has 0 atom stereocenters. The number of rotatable bonds is 4. The summed E-state index contributed by atoms with van der Waals surface area (Å²) in [5.41, 5.74) is 0.313. The summed E-state index contributed by atoms with van der Waals surface area (Å²) in [5, 5.41) is 8.77. The molecule has 0 amide bonds. The first-order valence-corrected chi connectivity index (χ1v) is 5.91. The first-order valence-electron chi connectivity index (χ1n) is 5.14. The molecule has 0 aliphatic rings. The highest BCUT2D eigenvalue weighted by Crippen LogP contribution is 2.12. The van der Waals surface area contributed by atoms with Gasteiger partial charge in [0.15, 0.2) is 0 Å². The Balaban J connectivity index is 2.32. The van der Waals surface area contributed by atoms with Gasteiger partial charge in [-0.2, -0.15) is 0 Å². The molecule has 0 saturated heterocycles. The fourth-order valence-electron chi connectivity index (χ4n) is 1.46. The average molecular weight is 249 g/mol. The number of nitrogens with zero attached hydrogens (tertiary/aromatic N) is 1. The van der Waals surface area contributed by atoms with Gasteiger partial charge in [-0.3, -0.25) is 13.5 Å². The van der Waals surface area contributed by atoms with Crippen LogP contribution >= 0.6 is 11.5 Å². The van der Waals surface area contributed by atoms with Crippen LogP contribution in [0.15, 0.2) is 41.2 Å². The van der Waals surface area contributed by atoms with E-state index >= 15 is 0 Å². The maximum absolute atomic E-state index is 12.0. The third kappa shape index (κ3) is 2.51. The number of aliphatic hydroxyl groups is 1. The smallest absolute Gasteiger partial charge is 0.261 e. The first-order chi connectivity index (χ1) is 8.22. The van der Waals surface area contributed by atoms with E-state index in [1.54, 1.807) is 24.3 Å². The van der Waals surface area contributed by atoms with Gasteiger partial charge in [0.1, 0.15) is 0 Å². The standard InChI is InChI=1S/C12H11NO3S/c14-7-6-13-11(15)8-10(17-13)12(16)9-4-2-1-3-5-9/h1-5,8,14H,6-7H2. The van der Waals surface area contributed by atoms with E-state index in [1.807, 2.05) is 6.07 Å². The summed E-state index contributed by atoms with van der Waals surface area (Å²) >= 11 is 1.08. The molecule has 5 heteroatoms. The highest BCUT2D eigenvalue weighted by Gasteiger charge is 2.13. The molecule has 0 bridgehead atoms. The summed E-state index contributed by atoms with van der Waals surface area (Å²) in [6.45, 7) is 0.116. The average Bonchev–Trinajstić information content (AvgIpc) is 2.72. The van der Waals surface area contributed by atoms with Crippen LogP contribution in [-0.4, -0.2) is 21.5 Å². The lowest BCUT2D eigenvalue weighted by atomic mass is 10.1. The lowest BCUT2D eigenvalue weighted by molar-refractivity contribution is 0.104. The van der Waals surface area contributed by atoms with E-state index in [0.29, 0.717) is 10.4 Å². The second-order valence-corrected chi connectivity index (χ2v) is 4.52. The van der Waals surface area contributed by atoms with Gasteiger partial charge < -0.3 is 5.11 Å². The Bertz CT molecular complexity index is 571. The molecule has 17 heavy (non-hydrogen) atoms.